The van der Waals surface area contributed by atoms with E-state index in [-0.39, 0.29) is 35.3 Å². The lowest BCUT2D eigenvalue weighted by atomic mass is 10.2. The number of terminal acetylenes is 2. The summed E-state index contributed by atoms with van der Waals surface area (Å²) in [4.78, 5) is 33.5. The van der Waals surface area contributed by atoms with Gasteiger partial charge in [0.05, 0.1) is 10.6 Å². The maximum atomic E-state index is 11.9. The minimum absolute atomic E-state index is 0.0216. The molecule has 0 bridgehead atoms. The fraction of sp³-hybridized carbons (Fsp3) is 0.350. The van der Waals surface area contributed by atoms with Crippen LogP contribution in [0.3, 0.4) is 0 Å². The van der Waals surface area contributed by atoms with Crippen molar-refractivity contribution in [2.45, 2.75) is 33.1 Å². The Labute approximate surface area is 168 Å². The van der Waals surface area contributed by atoms with E-state index in [1.807, 2.05) is 0 Å². The van der Waals surface area contributed by atoms with Crippen molar-refractivity contribution in [2.24, 2.45) is 0 Å². The molecule has 0 unspecified atom stereocenters. The van der Waals surface area contributed by atoms with Crippen molar-refractivity contribution in [3.63, 3.8) is 0 Å². The quantitative estimate of drug-likeness (QED) is 0.400. The van der Waals surface area contributed by atoms with E-state index >= 15 is 0 Å². The molecule has 1 aromatic carbocycles. The van der Waals surface area contributed by atoms with Crippen LogP contribution in [0.1, 0.15) is 43.5 Å². The van der Waals surface area contributed by atoms with Crippen LogP contribution in [0.2, 0.25) is 5.02 Å². The summed E-state index contributed by atoms with van der Waals surface area (Å²) in [6.07, 6.45) is 11.9. The maximum Gasteiger partial charge on any atom is 0.345 e. The van der Waals surface area contributed by atoms with Crippen LogP contribution in [0, 0.1) is 24.7 Å². The van der Waals surface area contributed by atoms with Gasteiger partial charge >= 0.3 is 17.9 Å². The first-order chi connectivity index (χ1) is 13.3. The Hall–Kier alpha value is -3.16. The average molecular weight is 409 g/mol. The zero-order chi connectivity index (χ0) is 21.5. The SMILES string of the molecule is C#CCOc1cc(C(=O)OC(=O)CC(=O)O)cc(Cl)c1OCC#C.CCCC. The first-order valence-electron chi connectivity index (χ1n) is 8.23. The summed E-state index contributed by atoms with van der Waals surface area (Å²) in [7, 11) is 0. The van der Waals surface area contributed by atoms with E-state index in [0.29, 0.717) is 0 Å². The van der Waals surface area contributed by atoms with Crippen LogP contribution in [0.15, 0.2) is 12.1 Å². The van der Waals surface area contributed by atoms with Crippen LogP contribution in [0.4, 0.5) is 0 Å². The number of rotatable bonds is 8. The highest BCUT2D eigenvalue weighted by molar-refractivity contribution is 6.32. The number of halogens is 1. The summed E-state index contributed by atoms with van der Waals surface area (Å²) in [6, 6.07) is 2.35. The van der Waals surface area contributed by atoms with Gasteiger partial charge in [-0.15, -0.1) is 12.8 Å². The number of unbranched alkanes of at least 4 members (excludes halogenated alkanes) is 1. The number of carbonyl (C=O) groups is 3. The summed E-state index contributed by atoms with van der Waals surface area (Å²) in [5.41, 5.74) is -0.154. The molecule has 0 aliphatic rings. The van der Waals surface area contributed by atoms with Crippen LogP contribution in [0.25, 0.3) is 0 Å². The van der Waals surface area contributed by atoms with Crippen molar-refractivity contribution >= 4 is 29.5 Å². The van der Waals surface area contributed by atoms with Gasteiger partial charge in [0.1, 0.15) is 19.6 Å². The highest BCUT2D eigenvalue weighted by atomic mass is 35.5. The van der Waals surface area contributed by atoms with E-state index in [1.54, 1.807) is 0 Å². The van der Waals surface area contributed by atoms with Crippen molar-refractivity contribution in [1.82, 2.24) is 0 Å². The first-order valence-corrected chi connectivity index (χ1v) is 8.61. The summed E-state index contributed by atoms with van der Waals surface area (Å²) in [5, 5.41) is 8.44. The molecule has 1 N–H and O–H groups in total. The summed E-state index contributed by atoms with van der Waals surface area (Å²) < 4.78 is 14.8. The van der Waals surface area contributed by atoms with Crippen LogP contribution >= 0.6 is 11.6 Å². The Bertz CT molecular complexity index is 770. The molecule has 150 valence electrons. The number of ether oxygens (including phenoxy) is 3. The third-order valence-electron chi connectivity index (χ3n) is 2.86. The highest BCUT2D eigenvalue weighted by Gasteiger charge is 2.20. The van der Waals surface area contributed by atoms with Gasteiger partial charge in [0.2, 0.25) is 0 Å². The molecule has 0 fully saturated rings. The van der Waals surface area contributed by atoms with Gasteiger partial charge in [-0.1, -0.05) is 50.1 Å². The molecule has 0 aromatic heterocycles. The Balaban J connectivity index is 0.00000165. The fourth-order valence-corrected chi connectivity index (χ4v) is 1.75. The number of esters is 2. The van der Waals surface area contributed by atoms with E-state index in [0.717, 1.165) is 6.07 Å². The zero-order valence-electron chi connectivity index (χ0n) is 15.6. The van der Waals surface area contributed by atoms with Crippen molar-refractivity contribution < 1.29 is 33.7 Å². The number of carboxylic acid groups (broad SMARTS) is 1. The van der Waals surface area contributed by atoms with Crippen LogP contribution in [0.5, 0.6) is 11.5 Å². The molecule has 0 atom stereocenters. The molecular formula is C20H21ClO7. The predicted octanol–water partition coefficient (Wildman–Crippen LogP) is 3.33. The van der Waals surface area contributed by atoms with Crippen LogP contribution in [-0.4, -0.2) is 36.2 Å². The van der Waals surface area contributed by atoms with Crippen molar-refractivity contribution in [3.05, 3.63) is 22.7 Å². The number of hydrogen-bond donors (Lipinski definition) is 1. The highest BCUT2D eigenvalue weighted by Crippen LogP contribution is 2.36. The second-order valence-corrected chi connectivity index (χ2v) is 5.51. The molecule has 28 heavy (non-hydrogen) atoms. The standard InChI is InChI=1S/C16H11ClO7.C4H10/c1-3-5-22-12-8-10(7-11(17)15(12)23-6-4-2)16(21)24-14(20)9-13(18)19;1-3-4-2/h1-2,7-8H,5-6,9H2,(H,18,19);3-4H2,1-2H3. The van der Waals surface area contributed by atoms with Gasteiger partial charge in [0.25, 0.3) is 0 Å². The van der Waals surface area contributed by atoms with Gasteiger partial charge in [-0.25, -0.2) is 4.79 Å². The maximum absolute atomic E-state index is 11.9. The Morgan fingerprint density at radius 3 is 2.14 bits per heavy atom. The lowest BCUT2D eigenvalue weighted by molar-refractivity contribution is -0.147. The molecule has 1 rings (SSSR count). The van der Waals surface area contributed by atoms with Crippen molar-refractivity contribution in [2.75, 3.05) is 13.2 Å². The Kier molecular flexibility index (Phi) is 12.4. The van der Waals surface area contributed by atoms with Gasteiger partial charge in [-0.3, -0.25) is 9.59 Å². The predicted molar refractivity (Wildman–Crippen MR) is 103 cm³/mol. The van der Waals surface area contributed by atoms with Gasteiger partial charge in [-0.05, 0) is 12.1 Å². The molecule has 0 heterocycles. The van der Waals surface area contributed by atoms with Crippen LogP contribution < -0.4 is 9.47 Å². The molecule has 0 saturated heterocycles. The van der Waals surface area contributed by atoms with E-state index in [9.17, 15) is 14.4 Å². The second kappa shape index (κ2) is 14.0. The average Bonchev–Trinajstić information content (AvgIpc) is 2.64. The van der Waals surface area contributed by atoms with Gasteiger partial charge < -0.3 is 19.3 Å². The third kappa shape index (κ3) is 9.51. The topological polar surface area (TPSA) is 99.1 Å². The number of aliphatic carboxylic acids is 1. The van der Waals surface area contributed by atoms with Gasteiger partial charge in [-0.2, -0.15) is 0 Å². The molecule has 0 radical (unpaired) electrons. The molecule has 0 saturated carbocycles. The summed E-state index contributed by atoms with van der Waals surface area (Å²) in [6.45, 7) is 4.12. The largest absolute Gasteiger partial charge is 0.481 e. The molecule has 0 aliphatic carbocycles. The lowest BCUT2D eigenvalue weighted by Crippen LogP contribution is -2.16. The summed E-state index contributed by atoms with van der Waals surface area (Å²) in [5.74, 6) is 0.805. The number of hydrogen-bond acceptors (Lipinski definition) is 6. The Morgan fingerprint density at radius 1 is 1.07 bits per heavy atom. The minimum atomic E-state index is -1.43. The molecule has 8 heteroatoms. The van der Waals surface area contributed by atoms with Crippen molar-refractivity contribution in [3.8, 4) is 36.2 Å². The normalized spacial score (nSPS) is 9.04. The van der Waals surface area contributed by atoms with Crippen LogP contribution in [-0.2, 0) is 14.3 Å². The number of carbonyl (C=O) groups excluding carboxylic acids is 2. The second-order valence-electron chi connectivity index (χ2n) is 5.10. The third-order valence-corrected chi connectivity index (χ3v) is 3.14. The smallest absolute Gasteiger partial charge is 0.345 e. The van der Waals surface area contributed by atoms with Gasteiger partial charge in [0, 0.05) is 0 Å². The van der Waals surface area contributed by atoms with E-state index < -0.39 is 24.3 Å². The molecule has 7 nitrogen and oxygen atoms in total. The Morgan fingerprint density at radius 2 is 1.64 bits per heavy atom. The molecule has 0 aliphatic heterocycles. The van der Waals surface area contributed by atoms with Gasteiger partial charge in [0.15, 0.2) is 11.5 Å². The lowest BCUT2D eigenvalue weighted by Gasteiger charge is -2.13. The van der Waals surface area contributed by atoms with E-state index in [1.165, 1.54) is 18.9 Å². The van der Waals surface area contributed by atoms with Crippen molar-refractivity contribution in [1.29, 1.82) is 0 Å². The molecular weight excluding hydrogens is 388 g/mol. The van der Waals surface area contributed by atoms with E-state index in [2.05, 4.69) is 30.4 Å². The number of carboxylic acids is 1. The number of benzene rings is 1. The fourth-order valence-electron chi connectivity index (χ4n) is 1.49. The zero-order valence-corrected chi connectivity index (χ0v) is 16.4. The summed E-state index contributed by atoms with van der Waals surface area (Å²) >= 11 is 6.00. The molecule has 0 amide bonds. The molecule has 0 spiro atoms. The molecule has 1 aromatic rings. The monoisotopic (exact) mass is 408 g/mol. The first kappa shape index (κ1) is 24.8. The minimum Gasteiger partial charge on any atom is -0.481 e. The van der Waals surface area contributed by atoms with E-state index in [4.69, 9.17) is 39.0 Å².